The SMILES string of the molecule is CCOC1CC(NC2CCN(C3CC3)CC2)C1(C)C. The molecule has 3 heteroatoms. The summed E-state index contributed by atoms with van der Waals surface area (Å²) < 4.78 is 5.82. The van der Waals surface area contributed by atoms with E-state index in [1.165, 1.54) is 45.2 Å². The van der Waals surface area contributed by atoms with Crippen LogP contribution in [0.2, 0.25) is 0 Å². The number of hydrogen-bond donors (Lipinski definition) is 1. The van der Waals surface area contributed by atoms with Crippen LogP contribution < -0.4 is 5.32 Å². The molecule has 1 saturated heterocycles. The van der Waals surface area contributed by atoms with Crippen LogP contribution in [0.5, 0.6) is 0 Å². The fourth-order valence-electron chi connectivity index (χ4n) is 3.81. The Balaban J connectivity index is 1.43. The first-order valence-electron chi connectivity index (χ1n) is 8.23. The number of hydrogen-bond acceptors (Lipinski definition) is 3. The maximum absolute atomic E-state index is 5.82. The second-order valence-corrected chi connectivity index (χ2v) is 7.26. The third-order valence-corrected chi connectivity index (χ3v) is 5.58. The van der Waals surface area contributed by atoms with Crippen LogP contribution in [-0.4, -0.2) is 48.8 Å². The van der Waals surface area contributed by atoms with Crippen molar-refractivity contribution < 1.29 is 4.74 Å². The summed E-state index contributed by atoms with van der Waals surface area (Å²) in [4.78, 5) is 2.70. The molecule has 2 atom stereocenters. The van der Waals surface area contributed by atoms with Gasteiger partial charge in [-0.3, -0.25) is 0 Å². The van der Waals surface area contributed by atoms with Crippen molar-refractivity contribution in [2.45, 2.75) is 77.1 Å². The predicted octanol–water partition coefficient (Wildman–Crippen LogP) is 2.41. The van der Waals surface area contributed by atoms with Gasteiger partial charge in [0.15, 0.2) is 0 Å². The third-order valence-electron chi connectivity index (χ3n) is 5.58. The van der Waals surface area contributed by atoms with Crippen molar-refractivity contribution in [2.75, 3.05) is 19.7 Å². The predicted molar refractivity (Wildman–Crippen MR) is 78.4 cm³/mol. The van der Waals surface area contributed by atoms with Gasteiger partial charge in [-0.1, -0.05) is 13.8 Å². The Bertz CT molecular complexity index is 306. The summed E-state index contributed by atoms with van der Waals surface area (Å²) >= 11 is 0. The van der Waals surface area contributed by atoms with Gasteiger partial charge in [0, 0.05) is 30.1 Å². The average Bonchev–Trinajstić information content (AvgIpc) is 3.23. The molecule has 1 heterocycles. The summed E-state index contributed by atoms with van der Waals surface area (Å²) in [5.41, 5.74) is 0.309. The Hall–Kier alpha value is -0.120. The van der Waals surface area contributed by atoms with E-state index < -0.39 is 0 Å². The lowest BCUT2D eigenvalue weighted by molar-refractivity contribution is -0.117. The third kappa shape index (κ3) is 2.84. The summed E-state index contributed by atoms with van der Waals surface area (Å²) in [5, 5.41) is 3.91. The van der Waals surface area contributed by atoms with Gasteiger partial charge in [0.1, 0.15) is 0 Å². The van der Waals surface area contributed by atoms with Crippen molar-refractivity contribution in [3.63, 3.8) is 0 Å². The smallest absolute Gasteiger partial charge is 0.0655 e. The first-order valence-corrected chi connectivity index (χ1v) is 8.23. The number of rotatable bonds is 5. The van der Waals surface area contributed by atoms with Crippen LogP contribution in [0.3, 0.4) is 0 Å². The second kappa shape index (κ2) is 5.34. The Morgan fingerprint density at radius 1 is 1.16 bits per heavy atom. The zero-order valence-corrected chi connectivity index (χ0v) is 12.8. The van der Waals surface area contributed by atoms with E-state index in [0.717, 1.165) is 18.7 Å². The fraction of sp³-hybridized carbons (Fsp3) is 1.00. The van der Waals surface area contributed by atoms with E-state index in [-0.39, 0.29) is 0 Å². The lowest BCUT2D eigenvalue weighted by atomic mass is 9.64. The summed E-state index contributed by atoms with van der Waals surface area (Å²) in [6, 6.07) is 2.34. The summed E-state index contributed by atoms with van der Waals surface area (Å²) in [7, 11) is 0. The topological polar surface area (TPSA) is 24.5 Å². The van der Waals surface area contributed by atoms with Crippen LogP contribution in [-0.2, 0) is 4.74 Å². The Morgan fingerprint density at radius 2 is 1.84 bits per heavy atom. The van der Waals surface area contributed by atoms with Crippen LogP contribution in [0.4, 0.5) is 0 Å². The molecule has 19 heavy (non-hydrogen) atoms. The van der Waals surface area contributed by atoms with E-state index in [1.54, 1.807) is 0 Å². The first-order chi connectivity index (χ1) is 9.11. The van der Waals surface area contributed by atoms with Gasteiger partial charge < -0.3 is 15.0 Å². The van der Waals surface area contributed by atoms with Crippen molar-refractivity contribution in [3.8, 4) is 0 Å². The Morgan fingerprint density at radius 3 is 2.37 bits per heavy atom. The van der Waals surface area contributed by atoms with E-state index in [9.17, 15) is 0 Å². The van der Waals surface area contributed by atoms with Crippen molar-refractivity contribution >= 4 is 0 Å². The maximum atomic E-state index is 5.82. The lowest BCUT2D eigenvalue weighted by Gasteiger charge is -2.53. The quantitative estimate of drug-likeness (QED) is 0.827. The van der Waals surface area contributed by atoms with Crippen molar-refractivity contribution in [2.24, 2.45) is 5.41 Å². The summed E-state index contributed by atoms with van der Waals surface area (Å²) in [6.45, 7) is 10.3. The highest BCUT2D eigenvalue weighted by Crippen LogP contribution is 2.43. The van der Waals surface area contributed by atoms with Gasteiger partial charge >= 0.3 is 0 Å². The van der Waals surface area contributed by atoms with Crippen LogP contribution in [0, 0.1) is 5.41 Å². The summed E-state index contributed by atoms with van der Waals surface area (Å²) in [6.07, 6.45) is 7.23. The second-order valence-electron chi connectivity index (χ2n) is 7.26. The van der Waals surface area contributed by atoms with Crippen LogP contribution >= 0.6 is 0 Å². The van der Waals surface area contributed by atoms with Crippen LogP contribution in [0.25, 0.3) is 0 Å². The molecule has 3 aliphatic rings. The molecular formula is C16H30N2O. The molecule has 3 rings (SSSR count). The van der Waals surface area contributed by atoms with Crippen molar-refractivity contribution in [1.82, 2.24) is 10.2 Å². The molecule has 2 unspecified atom stereocenters. The largest absolute Gasteiger partial charge is 0.378 e. The van der Waals surface area contributed by atoms with Crippen molar-refractivity contribution in [3.05, 3.63) is 0 Å². The van der Waals surface area contributed by atoms with Gasteiger partial charge in [0.2, 0.25) is 0 Å². The maximum Gasteiger partial charge on any atom is 0.0655 e. The standard InChI is InChI=1S/C16H30N2O/c1-4-19-15-11-14(16(15,2)3)17-12-7-9-18(10-8-12)13-5-6-13/h12-15,17H,4-11H2,1-3H3. The molecule has 1 N–H and O–H groups in total. The van der Waals surface area contributed by atoms with E-state index in [0.29, 0.717) is 17.6 Å². The van der Waals surface area contributed by atoms with Gasteiger partial charge in [-0.15, -0.1) is 0 Å². The minimum Gasteiger partial charge on any atom is -0.378 e. The van der Waals surface area contributed by atoms with Crippen LogP contribution in [0.15, 0.2) is 0 Å². The highest BCUT2D eigenvalue weighted by Gasteiger charge is 2.49. The molecule has 2 saturated carbocycles. The molecule has 0 spiro atoms. The Labute approximate surface area is 118 Å². The molecule has 0 aromatic heterocycles. The zero-order chi connectivity index (χ0) is 13.5. The minimum absolute atomic E-state index is 0.309. The molecule has 0 radical (unpaired) electrons. The molecular weight excluding hydrogens is 236 g/mol. The van der Waals surface area contributed by atoms with Crippen molar-refractivity contribution in [1.29, 1.82) is 0 Å². The Kier molecular flexibility index (Phi) is 3.89. The number of piperidine rings is 1. The fourth-order valence-corrected chi connectivity index (χ4v) is 3.81. The zero-order valence-electron chi connectivity index (χ0n) is 12.8. The number of nitrogens with one attached hydrogen (secondary N) is 1. The summed E-state index contributed by atoms with van der Waals surface area (Å²) in [5.74, 6) is 0. The highest BCUT2D eigenvalue weighted by molar-refractivity contribution is 5.04. The first kappa shape index (κ1) is 13.8. The van der Waals surface area contributed by atoms with E-state index in [1.807, 2.05) is 0 Å². The molecule has 3 nitrogen and oxygen atoms in total. The van der Waals surface area contributed by atoms with Gasteiger partial charge in [-0.05, 0) is 52.1 Å². The monoisotopic (exact) mass is 266 g/mol. The van der Waals surface area contributed by atoms with Gasteiger partial charge in [-0.2, -0.15) is 0 Å². The normalized spacial score (nSPS) is 36.2. The van der Waals surface area contributed by atoms with E-state index in [2.05, 4.69) is 31.0 Å². The average molecular weight is 266 g/mol. The molecule has 3 fully saturated rings. The highest BCUT2D eigenvalue weighted by atomic mass is 16.5. The number of likely N-dealkylation sites (tertiary alicyclic amines) is 1. The molecule has 0 aromatic rings. The number of ether oxygens (including phenoxy) is 1. The van der Waals surface area contributed by atoms with Crippen LogP contribution in [0.1, 0.15) is 52.9 Å². The van der Waals surface area contributed by atoms with Gasteiger partial charge in [0.05, 0.1) is 6.10 Å². The molecule has 2 aliphatic carbocycles. The van der Waals surface area contributed by atoms with E-state index in [4.69, 9.17) is 4.74 Å². The van der Waals surface area contributed by atoms with Gasteiger partial charge in [0.25, 0.3) is 0 Å². The molecule has 0 bridgehead atoms. The van der Waals surface area contributed by atoms with E-state index >= 15 is 0 Å². The molecule has 0 amide bonds. The van der Waals surface area contributed by atoms with Gasteiger partial charge in [-0.25, -0.2) is 0 Å². The molecule has 110 valence electrons. The molecule has 1 aliphatic heterocycles. The minimum atomic E-state index is 0.309. The number of nitrogens with zero attached hydrogens (tertiary/aromatic N) is 1. The lowest BCUT2D eigenvalue weighted by Crippen LogP contribution is -2.63. The molecule has 0 aromatic carbocycles.